The number of hydrogen-bond donors (Lipinski definition) is 1. The largest absolute Gasteiger partial charge is 0.226 e. The fourth-order valence-corrected chi connectivity index (χ4v) is 3.01. The van der Waals surface area contributed by atoms with Crippen LogP contribution in [0.4, 0.5) is 0 Å². The number of hydrogen-bond acceptors (Lipinski definition) is 2. The molecule has 0 radical (unpaired) electrons. The molecule has 0 aliphatic heterocycles. The first-order valence-corrected chi connectivity index (χ1v) is 6.74. The maximum Gasteiger partial charge on any atom is 0.226 e. The number of sulfonamides is 1. The summed E-state index contributed by atoms with van der Waals surface area (Å²) in [6.07, 6.45) is 5.24. The molecule has 13 heavy (non-hydrogen) atoms. The van der Waals surface area contributed by atoms with Gasteiger partial charge in [-0.3, -0.25) is 0 Å². The Morgan fingerprint density at radius 2 is 1.85 bits per heavy atom. The van der Waals surface area contributed by atoms with E-state index in [1.807, 2.05) is 6.92 Å². The molecule has 1 rings (SSSR count). The monoisotopic (exact) mass is 225 g/mol. The van der Waals surface area contributed by atoms with Crippen molar-refractivity contribution in [2.45, 2.75) is 44.6 Å². The summed E-state index contributed by atoms with van der Waals surface area (Å²) in [5.41, 5.74) is -0.258. The van der Waals surface area contributed by atoms with E-state index in [0.29, 0.717) is 0 Å². The molecule has 1 aliphatic rings. The zero-order valence-corrected chi connectivity index (χ0v) is 9.42. The average Bonchev–Trinajstić information content (AvgIpc) is 2.04. The fraction of sp³-hybridized carbons (Fsp3) is 1.00. The summed E-state index contributed by atoms with van der Waals surface area (Å²) >= 11 is 5.32. The van der Waals surface area contributed by atoms with Crippen LogP contribution in [0.3, 0.4) is 0 Å². The third-order valence-corrected chi connectivity index (χ3v) is 4.46. The van der Waals surface area contributed by atoms with E-state index in [1.54, 1.807) is 0 Å². The van der Waals surface area contributed by atoms with Crippen LogP contribution in [0.2, 0.25) is 0 Å². The van der Waals surface area contributed by atoms with Crippen LogP contribution < -0.4 is 4.72 Å². The molecule has 0 saturated heterocycles. The number of nitrogens with one attached hydrogen (secondary N) is 1. The lowest BCUT2D eigenvalue weighted by Crippen LogP contribution is -2.47. The minimum atomic E-state index is -3.26. The van der Waals surface area contributed by atoms with Crippen molar-refractivity contribution >= 4 is 21.6 Å². The van der Waals surface area contributed by atoms with Crippen molar-refractivity contribution in [1.82, 2.24) is 4.72 Å². The maximum atomic E-state index is 11.2. The first-order valence-electron chi connectivity index (χ1n) is 4.55. The summed E-state index contributed by atoms with van der Waals surface area (Å²) in [4.78, 5) is 0. The molecule has 0 bridgehead atoms. The molecule has 0 aromatic heterocycles. The van der Waals surface area contributed by atoms with Crippen molar-refractivity contribution in [1.29, 1.82) is 0 Å². The Morgan fingerprint density at radius 1 is 1.31 bits per heavy atom. The predicted molar refractivity (Wildman–Crippen MR) is 54.3 cm³/mol. The molecule has 1 saturated carbocycles. The van der Waals surface area contributed by atoms with E-state index in [9.17, 15) is 8.42 Å². The lowest BCUT2D eigenvalue weighted by molar-refractivity contribution is 0.294. The number of rotatable bonds is 3. The molecule has 5 heteroatoms. The van der Waals surface area contributed by atoms with Gasteiger partial charge >= 0.3 is 0 Å². The van der Waals surface area contributed by atoms with Gasteiger partial charge in [0.2, 0.25) is 10.0 Å². The molecule has 0 spiro atoms. The minimum absolute atomic E-state index is 0.258. The fourth-order valence-electron chi connectivity index (χ4n) is 1.84. The Labute approximate surface area is 84.9 Å². The van der Waals surface area contributed by atoms with Crippen molar-refractivity contribution in [3.63, 3.8) is 0 Å². The molecule has 0 aromatic carbocycles. The third kappa shape index (κ3) is 3.44. The number of halogens is 1. The van der Waals surface area contributed by atoms with Crippen LogP contribution in [0.15, 0.2) is 0 Å². The van der Waals surface area contributed by atoms with Gasteiger partial charge in [-0.05, 0) is 19.8 Å². The van der Waals surface area contributed by atoms with Crippen LogP contribution in [-0.2, 0) is 10.0 Å². The van der Waals surface area contributed by atoms with E-state index in [0.717, 1.165) is 25.7 Å². The van der Waals surface area contributed by atoms with Crippen molar-refractivity contribution in [2.24, 2.45) is 0 Å². The minimum Gasteiger partial charge on any atom is -0.211 e. The molecular weight excluding hydrogens is 210 g/mol. The molecule has 0 atom stereocenters. The topological polar surface area (TPSA) is 46.2 Å². The van der Waals surface area contributed by atoms with Gasteiger partial charge in [-0.15, -0.1) is 11.6 Å². The van der Waals surface area contributed by atoms with E-state index >= 15 is 0 Å². The summed E-state index contributed by atoms with van der Waals surface area (Å²) in [5.74, 6) is 0. The normalized spacial score (nSPS) is 22.9. The summed E-state index contributed by atoms with van der Waals surface area (Å²) in [7, 11) is -3.26. The van der Waals surface area contributed by atoms with Crippen LogP contribution in [0.1, 0.15) is 39.0 Å². The van der Waals surface area contributed by atoms with E-state index in [-0.39, 0.29) is 10.8 Å². The van der Waals surface area contributed by atoms with Gasteiger partial charge in [-0.25, -0.2) is 13.1 Å². The van der Waals surface area contributed by atoms with Gasteiger partial charge in [0.1, 0.15) is 5.21 Å². The molecule has 0 amide bonds. The van der Waals surface area contributed by atoms with Crippen molar-refractivity contribution in [3.05, 3.63) is 0 Å². The van der Waals surface area contributed by atoms with Gasteiger partial charge in [-0.2, -0.15) is 0 Å². The summed E-state index contributed by atoms with van der Waals surface area (Å²) in [6.45, 7) is 1.95. The van der Waals surface area contributed by atoms with Gasteiger partial charge in [-0.1, -0.05) is 19.3 Å². The first kappa shape index (κ1) is 11.3. The highest BCUT2D eigenvalue weighted by Gasteiger charge is 2.30. The quantitative estimate of drug-likeness (QED) is 0.745. The Morgan fingerprint density at radius 3 is 2.31 bits per heavy atom. The van der Waals surface area contributed by atoms with E-state index in [1.165, 1.54) is 6.42 Å². The third-order valence-electron chi connectivity index (χ3n) is 2.50. The van der Waals surface area contributed by atoms with Crippen molar-refractivity contribution < 1.29 is 8.42 Å². The Hall–Kier alpha value is 0.200. The van der Waals surface area contributed by atoms with E-state index in [2.05, 4.69) is 4.72 Å². The molecule has 0 aromatic rings. The zero-order chi connectivity index (χ0) is 9.95. The van der Waals surface area contributed by atoms with E-state index < -0.39 is 10.0 Å². The van der Waals surface area contributed by atoms with E-state index in [4.69, 9.17) is 11.6 Å². The van der Waals surface area contributed by atoms with Crippen LogP contribution in [0.5, 0.6) is 0 Å². The lowest BCUT2D eigenvalue weighted by Gasteiger charge is -2.33. The lowest BCUT2D eigenvalue weighted by atomic mass is 9.84. The molecule has 1 N–H and O–H groups in total. The highest BCUT2D eigenvalue weighted by atomic mass is 35.5. The molecule has 3 nitrogen and oxygen atoms in total. The summed E-state index contributed by atoms with van der Waals surface area (Å²) < 4.78 is 25.1. The van der Waals surface area contributed by atoms with Crippen LogP contribution in [-0.4, -0.2) is 19.2 Å². The van der Waals surface area contributed by atoms with Crippen molar-refractivity contribution in [2.75, 3.05) is 5.21 Å². The maximum absolute atomic E-state index is 11.2. The first-order chi connectivity index (χ1) is 5.97. The molecular formula is C8H16ClNO2S. The van der Waals surface area contributed by atoms with Gasteiger partial charge < -0.3 is 0 Å². The molecule has 78 valence electrons. The molecule has 1 fully saturated rings. The van der Waals surface area contributed by atoms with Crippen molar-refractivity contribution in [3.8, 4) is 0 Å². The smallest absolute Gasteiger partial charge is 0.211 e. The molecule has 0 unspecified atom stereocenters. The Balaban J connectivity index is 2.60. The highest BCUT2D eigenvalue weighted by Crippen LogP contribution is 2.28. The highest BCUT2D eigenvalue weighted by molar-refractivity contribution is 7.90. The Bertz CT molecular complexity index is 257. The van der Waals surface area contributed by atoms with Crippen LogP contribution in [0, 0.1) is 0 Å². The summed E-state index contributed by atoms with van der Waals surface area (Å²) in [6, 6.07) is 0. The molecule has 0 heterocycles. The average molecular weight is 226 g/mol. The Kier molecular flexibility index (Phi) is 3.60. The predicted octanol–water partition coefficient (Wildman–Crippen LogP) is 1.82. The second-order valence-electron chi connectivity index (χ2n) is 3.95. The standard InChI is InChI=1S/C8H16ClNO2S/c1-8(5-3-2-4-6-8)10-13(11,12)7-9/h10H,2-7H2,1H3. The number of alkyl halides is 1. The van der Waals surface area contributed by atoms with Gasteiger partial charge in [0.25, 0.3) is 0 Å². The van der Waals surface area contributed by atoms with Gasteiger partial charge in [0, 0.05) is 5.54 Å². The second kappa shape index (κ2) is 4.15. The molecule has 1 aliphatic carbocycles. The van der Waals surface area contributed by atoms with Gasteiger partial charge in [0.05, 0.1) is 0 Å². The van der Waals surface area contributed by atoms with Gasteiger partial charge in [0.15, 0.2) is 0 Å². The van der Waals surface area contributed by atoms with Crippen LogP contribution >= 0.6 is 11.6 Å². The van der Waals surface area contributed by atoms with Crippen LogP contribution in [0.25, 0.3) is 0 Å². The second-order valence-corrected chi connectivity index (χ2v) is 6.25. The SMILES string of the molecule is CC1(NS(=O)(=O)CCl)CCCCC1. The summed E-state index contributed by atoms with van der Waals surface area (Å²) in [5, 5.41) is -0.345. The zero-order valence-electron chi connectivity index (χ0n) is 7.85.